The molecule has 0 N–H and O–H groups in total. The van der Waals surface area contributed by atoms with E-state index in [1.807, 2.05) is 10.6 Å². The van der Waals surface area contributed by atoms with Gasteiger partial charge in [0.05, 0.1) is 0 Å². The monoisotopic (exact) mass is 189 g/mol. The van der Waals surface area contributed by atoms with E-state index in [4.69, 9.17) is 5.26 Å². The molecule has 4 nitrogen and oxygen atoms in total. The van der Waals surface area contributed by atoms with Crippen molar-refractivity contribution in [3.8, 4) is 6.07 Å². The van der Waals surface area contributed by atoms with Gasteiger partial charge in [-0.25, -0.2) is 0 Å². The third kappa shape index (κ3) is 1.53. The summed E-state index contributed by atoms with van der Waals surface area (Å²) in [5.74, 6) is 0.825. The van der Waals surface area contributed by atoms with Gasteiger partial charge in [0.2, 0.25) is 0 Å². The lowest BCUT2D eigenvalue weighted by atomic mass is 10.2. The number of hydrogen-bond donors (Lipinski definition) is 0. The van der Waals surface area contributed by atoms with E-state index in [2.05, 4.69) is 4.98 Å². The normalized spacial score (nSPS) is 15.4. The Morgan fingerprint density at radius 2 is 2.29 bits per heavy atom. The van der Waals surface area contributed by atoms with Crippen LogP contribution >= 0.6 is 0 Å². The minimum absolute atomic E-state index is 0.149. The Labute approximate surface area is 81.8 Å². The van der Waals surface area contributed by atoms with Crippen molar-refractivity contribution in [3.05, 3.63) is 27.9 Å². The van der Waals surface area contributed by atoms with Crippen LogP contribution in [0.15, 0.2) is 11.0 Å². The van der Waals surface area contributed by atoms with Crippen LogP contribution < -0.4 is 5.56 Å². The molecule has 2 rings (SSSR count). The number of nitrogens with zero attached hydrogens (tertiary/aromatic N) is 3. The van der Waals surface area contributed by atoms with Crippen LogP contribution in [0.5, 0.6) is 0 Å². The summed E-state index contributed by atoms with van der Waals surface area (Å²) in [4.78, 5) is 15.2. The summed E-state index contributed by atoms with van der Waals surface area (Å²) >= 11 is 0. The quantitative estimate of drug-likeness (QED) is 0.607. The molecule has 4 heteroatoms. The van der Waals surface area contributed by atoms with E-state index in [-0.39, 0.29) is 11.1 Å². The summed E-state index contributed by atoms with van der Waals surface area (Å²) in [5, 5.41) is 8.69. The zero-order valence-electron chi connectivity index (χ0n) is 7.86. The Kier molecular flexibility index (Phi) is 2.32. The Hall–Kier alpha value is -1.63. The molecule has 0 saturated heterocycles. The molecule has 1 aliphatic rings. The van der Waals surface area contributed by atoms with E-state index < -0.39 is 0 Å². The highest BCUT2D eigenvalue weighted by molar-refractivity contribution is 5.23. The molecule has 14 heavy (non-hydrogen) atoms. The van der Waals surface area contributed by atoms with Gasteiger partial charge in [0.25, 0.3) is 5.56 Å². The molecular formula is C10H11N3O. The average molecular weight is 189 g/mol. The van der Waals surface area contributed by atoms with Crippen LogP contribution in [0.2, 0.25) is 0 Å². The fourth-order valence-electron chi connectivity index (χ4n) is 1.74. The molecule has 0 saturated carbocycles. The predicted molar refractivity (Wildman–Crippen MR) is 50.8 cm³/mol. The zero-order valence-corrected chi connectivity index (χ0v) is 7.86. The van der Waals surface area contributed by atoms with Gasteiger partial charge in [-0.05, 0) is 12.8 Å². The SMILES string of the molecule is N#Cc1cn2c(nc1=O)CCCCC2. The minimum atomic E-state index is -0.388. The first-order valence-corrected chi connectivity index (χ1v) is 4.82. The molecular weight excluding hydrogens is 178 g/mol. The van der Waals surface area contributed by atoms with Crippen molar-refractivity contribution in [1.29, 1.82) is 5.26 Å². The van der Waals surface area contributed by atoms with E-state index in [9.17, 15) is 4.79 Å². The van der Waals surface area contributed by atoms with Crippen LogP contribution in [0.4, 0.5) is 0 Å². The second-order valence-corrected chi connectivity index (χ2v) is 3.49. The summed E-state index contributed by atoms with van der Waals surface area (Å²) in [5.41, 5.74) is -0.240. The molecule has 0 amide bonds. The first-order chi connectivity index (χ1) is 6.81. The summed E-state index contributed by atoms with van der Waals surface area (Å²) < 4.78 is 1.94. The van der Waals surface area contributed by atoms with Gasteiger partial charge >= 0.3 is 0 Å². The van der Waals surface area contributed by atoms with Gasteiger partial charge in [-0.3, -0.25) is 4.79 Å². The van der Waals surface area contributed by atoms with E-state index >= 15 is 0 Å². The minimum Gasteiger partial charge on any atom is -0.335 e. The molecule has 1 aromatic rings. The average Bonchev–Trinajstić information content (AvgIpc) is 2.41. The van der Waals surface area contributed by atoms with Crippen molar-refractivity contribution < 1.29 is 0 Å². The third-order valence-corrected chi connectivity index (χ3v) is 2.50. The van der Waals surface area contributed by atoms with Gasteiger partial charge in [-0.15, -0.1) is 0 Å². The zero-order chi connectivity index (χ0) is 9.97. The largest absolute Gasteiger partial charge is 0.335 e. The van der Waals surface area contributed by atoms with Crippen molar-refractivity contribution in [1.82, 2.24) is 9.55 Å². The molecule has 0 unspecified atom stereocenters. The number of fused-ring (bicyclic) bond motifs is 1. The standard InChI is InChI=1S/C10H11N3O/c11-6-8-7-13-5-3-1-2-4-9(13)12-10(8)14/h7H,1-5H2. The predicted octanol–water partition coefficient (Wildman–Crippen LogP) is 0.841. The fourth-order valence-corrected chi connectivity index (χ4v) is 1.74. The van der Waals surface area contributed by atoms with E-state index in [1.54, 1.807) is 6.20 Å². The Bertz CT molecular complexity index is 442. The lowest BCUT2D eigenvalue weighted by Crippen LogP contribution is -2.19. The first-order valence-electron chi connectivity index (χ1n) is 4.82. The highest BCUT2D eigenvalue weighted by Gasteiger charge is 2.10. The number of aryl methyl sites for hydroxylation is 2. The van der Waals surface area contributed by atoms with Gasteiger partial charge in [0.15, 0.2) is 0 Å². The molecule has 72 valence electrons. The molecule has 1 aliphatic heterocycles. The molecule has 0 bridgehead atoms. The maximum Gasteiger partial charge on any atom is 0.290 e. The maximum absolute atomic E-state index is 11.3. The number of nitriles is 1. The van der Waals surface area contributed by atoms with Gasteiger partial charge in [0.1, 0.15) is 17.5 Å². The molecule has 0 aliphatic carbocycles. The smallest absolute Gasteiger partial charge is 0.290 e. The lowest BCUT2D eigenvalue weighted by Gasteiger charge is -2.07. The van der Waals surface area contributed by atoms with Crippen molar-refractivity contribution in [2.24, 2.45) is 0 Å². The van der Waals surface area contributed by atoms with Crippen LogP contribution in [0.1, 0.15) is 30.7 Å². The van der Waals surface area contributed by atoms with Crippen molar-refractivity contribution >= 4 is 0 Å². The van der Waals surface area contributed by atoms with Crippen molar-refractivity contribution in [2.45, 2.75) is 32.2 Å². The van der Waals surface area contributed by atoms with Gasteiger partial charge < -0.3 is 4.57 Å². The third-order valence-electron chi connectivity index (χ3n) is 2.50. The summed E-state index contributed by atoms with van der Waals surface area (Å²) in [7, 11) is 0. The molecule has 0 aromatic carbocycles. The van der Waals surface area contributed by atoms with Crippen LogP contribution in [0, 0.1) is 11.3 Å². The van der Waals surface area contributed by atoms with Crippen LogP contribution in [0.25, 0.3) is 0 Å². The van der Waals surface area contributed by atoms with Crippen LogP contribution in [0.3, 0.4) is 0 Å². The van der Waals surface area contributed by atoms with E-state index in [1.165, 1.54) is 6.42 Å². The summed E-state index contributed by atoms with van der Waals surface area (Å²) in [6.45, 7) is 0.872. The second kappa shape index (κ2) is 3.62. The van der Waals surface area contributed by atoms with Crippen LogP contribution in [-0.4, -0.2) is 9.55 Å². The molecule has 2 heterocycles. The Balaban J connectivity index is 2.53. The topological polar surface area (TPSA) is 58.7 Å². The van der Waals surface area contributed by atoms with Crippen molar-refractivity contribution in [2.75, 3.05) is 0 Å². The molecule has 1 aromatic heterocycles. The van der Waals surface area contributed by atoms with E-state index in [0.717, 1.165) is 31.6 Å². The van der Waals surface area contributed by atoms with Gasteiger partial charge in [-0.2, -0.15) is 10.2 Å². The molecule has 0 fully saturated rings. The van der Waals surface area contributed by atoms with Crippen LogP contribution in [-0.2, 0) is 13.0 Å². The number of hydrogen-bond acceptors (Lipinski definition) is 3. The molecule has 0 radical (unpaired) electrons. The number of rotatable bonds is 0. The fraction of sp³-hybridized carbons (Fsp3) is 0.500. The maximum atomic E-state index is 11.3. The van der Waals surface area contributed by atoms with Crippen molar-refractivity contribution in [3.63, 3.8) is 0 Å². The lowest BCUT2D eigenvalue weighted by molar-refractivity contribution is 0.621. The second-order valence-electron chi connectivity index (χ2n) is 3.49. The highest BCUT2D eigenvalue weighted by Crippen LogP contribution is 2.11. The summed E-state index contributed by atoms with van der Waals surface area (Å²) in [6.07, 6.45) is 5.83. The summed E-state index contributed by atoms with van der Waals surface area (Å²) in [6, 6.07) is 1.87. The van der Waals surface area contributed by atoms with Gasteiger partial charge in [0, 0.05) is 19.2 Å². The number of aromatic nitrogens is 2. The highest BCUT2D eigenvalue weighted by atomic mass is 16.1. The van der Waals surface area contributed by atoms with Gasteiger partial charge in [-0.1, -0.05) is 6.42 Å². The molecule has 0 atom stereocenters. The Morgan fingerprint density at radius 3 is 3.07 bits per heavy atom. The first kappa shape index (κ1) is 8.95. The molecule has 0 spiro atoms. The Morgan fingerprint density at radius 1 is 1.43 bits per heavy atom. The van der Waals surface area contributed by atoms with E-state index in [0.29, 0.717) is 0 Å².